The van der Waals surface area contributed by atoms with Gasteiger partial charge in [-0.05, 0) is 11.1 Å². The number of hydrogen-bond donors (Lipinski definition) is 1. The predicted octanol–water partition coefficient (Wildman–Crippen LogP) is 1.54. The molecule has 0 saturated carbocycles. The van der Waals surface area contributed by atoms with Crippen LogP contribution in [0, 0.1) is 0 Å². The van der Waals surface area contributed by atoms with Crippen LogP contribution in [0.1, 0.15) is 11.1 Å². The van der Waals surface area contributed by atoms with E-state index in [0.29, 0.717) is 0 Å². The van der Waals surface area contributed by atoms with Crippen LogP contribution in [0.2, 0.25) is 0 Å². The zero-order chi connectivity index (χ0) is 8.60. The summed E-state index contributed by atoms with van der Waals surface area (Å²) in [5.41, 5.74) is 2.21. The van der Waals surface area contributed by atoms with E-state index in [9.17, 15) is 4.79 Å². The second-order valence-corrected chi connectivity index (χ2v) is 4.09. The van der Waals surface area contributed by atoms with Gasteiger partial charge in [0.25, 0.3) is 0 Å². The number of nitrogens with one attached hydrogen (secondary N) is 1. The molecular formula is C9H8BrNO. The van der Waals surface area contributed by atoms with Crippen LogP contribution in [0.25, 0.3) is 0 Å². The van der Waals surface area contributed by atoms with Crippen molar-refractivity contribution in [3.8, 4) is 0 Å². The Bertz CT molecular complexity index is 326. The summed E-state index contributed by atoms with van der Waals surface area (Å²) in [6.45, 7) is 0.750. The molecule has 1 heterocycles. The molecule has 1 aliphatic rings. The van der Waals surface area contributed by atoms with E-state index in [-0.39, 0.29) is 0 Å². The van der Waals surface area contributed by atoms with E-state index in [1.165, 1.54) is 5.56 Å². The fourth-order valence-corrected chi connectivity index (χ4v) is 1.98. The number of hydrogen-bond acceptors (Lipinski definition) is 2. The molecule has 1 aromatic rings. The summed E-state index contributed by atoms with van der Waals surface area (Å²) in [5.74, 6) is 0. The zero-order valence-electron chi connectivity index (χ0n) is 6.38. The quantitative estimate of drug-likeness (QED) is 0.447. The highest BCUT2D eigenvalue weighted by Crippen LogP contribution is 2.34. The maximum atomic E-state index is 10.8. The first-order valence-corrected chi connectivity index (χ1v) is 4.54. The molecule has 0 aromatic heterocycles. The van der Waals surface area contributed by atoms with E-state index >= 15 is 0 Å². The summed E-state index contributed by atoms with van der Waals surface area (Å²) in [6.07, 6.45) is 0.888. The van der Waals surface area contributed by atoms with Gasteiger partial charge in [0.2, 0.25) is 0 Å². The molecule has 0 fully saturated rings. The summed E-state index contributed by atoms with van der Waals surface area (Å²) in [4.78, 5) is 10.8. The van der Waals surface area contributed by atoms with Crippen LogP contribution >= 0.6 is 15.9 Å². The number of alkyl halides is 1. The number of rotatable bonds is 1. The molecule has 0 saturated heterocycles. The van der Waals surface area contributed by atoms with Crippen LogP contribution in [-0.4, -0.2) is 6.29 Å². The first kappa shape index (κ1) is 7.95. The van der Waals surface area contributed by atoms with E-state index in [1.807, 2.05) is 24.3 Å². The molecule has 12 heavy (non-hydrogen) atoms. The summed E-state index contributed by atoms with van der Waals surface area (Å²) in [6, 6.07) is 7.89. The van der Waals surface area contributed by atoms with E-state index in [1.54, 1.807) is 0 Å². The fourth-order valence-electron chi connectivity index (χ4n) is 1.45. The van der Waals surface area contributed by atoms with Crippen LogP contribution in [0.4, 0.5) is 0 Å². The van der Waals surface area contributed by atoms with Gasteiger partial charge in [-0.25, -0.2) is 0 Å². The Kier molecular flexibility index (Phi) is 1.77. The molecule has 1 aromatic carbocycles. The van der Waals surface area contributed by atoms with Crippen molar-refractivity contribution >= 4 is 22.2 Å². The highest BCUT2D eigenvalue weighted by atomic mass is 79.9. The molecule has 0 spiro atoms. The van der Waals surface area contributed by atoms with Crippen LogP contribution in [0.3, 0.4) is 0 Å². The molecule has 2 nitrogen and oxygen atoms in total. The highest BCUT2D eigenvalue weighted by Gasteiger charge is 2.34. The second-order valence-electron chi connectivity index (χ2n) is 2.84. The minimum Gasteiger partial charge on any atom is -0.300 e. The number of aldehydes is 1. The third-order valence-electron chi connectivity index (χ3n) is 2.11. The van der Waals surface area contributed by atoms with Gasteiger partial charge in [0, 0.05) is 6.54 Å². The number of carbonyl (C=O) groups excluding carboxylic acids is 1. The summed E-state index contributed by atoms with van der Waals surface area (Å²) >= 11 is 3.36. The van der Waals surface area contributed by atoms with E-state index in [0.717, 1.165) is 18.4 Å². The van der Waals surface area contributed by atoms with Crippen molar-refractivity contribution in [3.63, 3.8) is 0 Å². The summed E-state index contributed by atoms with van der Waals surface area (Å²) < 4.78 is -0.649. The molecule has 62 valence electrons. The van der Waals surface area contributed by atoms with Gasteiger partial charge in [-0.1, -0.05) is 40.2 Å². The Balaban J connectivity index is 2.56. The molecule has 0 aliphatic carbocycles. The number of fused-ring (bicyclic) bond motifs is 1. The largest absolute Gasteiger partial charge is 0.300 e. The molecule has 3 heteroatoms. The van der Waals surface area contributed by atoms with Crippen LogP contribution in [0.15, 0.2) is 24.3 Å². The van der Waals surface area contributed by atoms with Gasteiger partial charge in [-0.2, -0.15) is 0 Å². The Morgan fingerprint density at radius 1 is 1.50 bits per heavy atom. The van der Waals surface area contributed by atoms with Gasteiger partial charge in [-0.15, -0.1) is 0 Å². The van der Waals surface area contributed by atoms with Crippen LogP contribution in [0.5, 0.6) is 0 Å². The van der Waals surface area contributed by atoms with Crippen molar-refractivity contribution < 1.29 is 4.79 Å². The standard InChI is InChI=1S/C9H8BrNO/c10-9(6-12)8-4-2-1-3-7(8)5-11-9/h1-4,6,11H,5H2. The van der Waals surface area contributed by atoms with Crippen LogP contribution < -0.4 is 5.32 Å². The SMILES string of the molecule is O=CC1(Br)NCc2ccccc21. The lowest BCUT2D eigenvalue weighted by molar-refractivity contribution is -0.110. The molecule has 0 amide bonds. The minimum absolute atomic E-state index is 0.649. The van der Waals surface area contributed by atoms with E-state index < -0.39 is 4.45 Å². The predicted molar refractivity (Wildman–Crippen MR) is 50.0 cm³/mol. The van der Waals surface area contributed by atoms with Gasteiger partial charge >= 0.3 is 0 Å². The molecule has 0 radical (unpaired) electrons. The Labute approximate surface area is 79.1 Å². The Morgan fingerprint density at radius 2 is 2.25 bits per heavy atom. The smallest absolute Gasteiger partial charge is 0.156 e. The second kappa shape index (κ2) is 2.68. The molecule has 0 bridgehead atoms. The number of carbonyl (C=O) groups is 1. The average molecular weight is 226 g/mol. The molecule has 1 aliphatic heterocycles. The van der Waals surface area contributed by atoms with Crippen molar-refractivity contribution in [1.29, 1.82) is 0 Å². The van der Waals surface area contributed by atoms with E-state index in [2.05, 4.69) is 21.2 Å². The van der Waals surface area contributed by atoms with Gasteiger partial charge in [-0.3, -0.25) is 10.1 Å². The lowest BCUT2D eigenvalue weighted by Gasteiger charge is -2.14. The first-order chi connectivity index (χ1) is 5.76. The number of benzene rings is 1. The van der Waals surface area contributed by atoms with Gasteiger partial charge in [0.1, 0.15) is 0 Å². The topological polar surface area (TPSA) is 29.1 Å². The van der Waals surface area contributed by atoms with Gasteiger partial charge in [0.05, 0.1) is 0 Å². The lowest BCUT2D eigenvalue weighted by Crippen LogP contribution is -2.31. The Morgan fingerprint density at radius 3 is 3.00 bits per heavy atom. The van der Waals surface area contributed by atoms with E-state index in [4.69, 9.17) is 0 Å². The maximum Gasteiger partial charge on any atom is 0.156 e. The first-order valence-electron chi connectivity index (χ1n) is 3.75. The maximum absolute atomic E-state index is 10.8. The Hall–Kier alpha value is -0.670. The van der Waals surface area contributed by atoms with Crippen molar-refractivity contribution in [2.75, 3.05) is 0 Å². The van der Waals surface area contributed by atoms with Crippen molar-refractivity contribution in [2.45, 2.75) is 11.0 Å². The lowest BCUT2D eigenvalue weighted by atomic mass is 10.1. The minimum atomic E-state index is -0.649. The van der Waals surface area contributed by atoms with Gasteiger partial charge in [0.15, 0.2) is 10.7 Å². The molecule has 2 rings (SSSR count). The fraction of sp³-hybridized carbons (Fsp3) is 0.222. The summed E-state index contributed by atoms with van der Waals surface area (Å²) in [5, 5.41) is 3.10. The molecule has 1 unspecified atom stereocenters. The van der Waals surface area contributed by atoms with Crippen molar-refractivity contribution in [1.82, 2.24) is 5.32 Å². The third-order valence-corrected chi connectivity index (χ3v) is 3.00. The normalized spacial score (nSPS) is 26.8. The van der Waals surface area contributed by atoms with Gasteiger partial charge < -0.3 is 0 Å². The van der Waals surface area contributed by atoms with Crippen LogP contribution in [-0.2, 0) is 15.8 Å². The van der Waals surface area contributed by atoms with Crippen molar-refractivity contribution in [3.05, 3.63) is 35.4 Å². The highest BCUT2D eigenvalue weighted by molar-refractivity contribution is 9.10. The number of halogens is 1. The zero-order valence-corrected chi connectivity index (χ0v) is 7.97. The monoisotopic (exact) mass is 225 g/mol. The molecular weight excluding hydrogens is 218 g/mol. The molecule has 1 atom stereocenters. The third kappa shape index (κ3) is 1.01. The van der Waals surface area contributed by atoms with Crippen molar-refractivity contribution in [2.24, 2.45) is 0 Å². The molecule has 1 N–H and O–H groups in total. The average Bonchev–Trinajstić information content (AvgIpc) is 2.46. The summed E-state index contributed by atoms with van der Waals surface area (Å²) in [7, 11) is 0.